The van der Waals surface area contributed by atoms with Crippen molar-refractivity contribution in [2.75, 3.05) is 26.2 Å². The van der Waals surface area contributed by atoms with Gasteiger partial charge in [0, 0.05) is 25.2 Å². The Kier molecular flexibility index (Phi) is 5.27. The molecule has 0 atom stereocenters. The minimum absolute atomic E-state index is 0.0434. The predicted molar refractivity (Wildman–Crippen MR) is 79.4 cm³/mol. The number of likely N-dealkylation sites (tertiary alicyclic amines) is 1. The first-order chi connectivity index (χ1) is 9.96. The van der Waals surface area contributed by atoms with E-state index in [-0.39, 0.29) is 11.4 Å². The maximum absolute atomic E-state index is 11.9. The number of rotatable bonds is 7. The van der Waals surface area contributed by atoms with Crippen LogP contribution in [-0.4, -0.2) is 44.4 Å². The molecule has 1 aliphatic heterocycles. The van der Waals surface area contributed by atoms with Gasteiger partial charge in [-0.25, -0.2) is 13.1 Å². The number of sulfonamides is 1. The van der Waals surface area contributed by atoms with Crippen molar-refractivity contribution in [1.82, 2.24) is 9.62 Å². The summed E-state index contributed by atoms with van der Waals surface area (Å²) in [5.74, 6) is -0.162. The summed E-state index contributed by atoms with van der Waals surface area (Å²) >= 11 is 0. The smallest absolute Gasteiger partial charge is 0.269 e. The Labute approximate surface area is 124 Å². The summed E-state index contributed by atoms with van der Waals surface area (Å²) in [7, 11) is -3.41. The molecule has 21 heavy (non-hydrogen) atoms. The molecule has 0 aromatic heterocycles. The standard InChI is InChI=1S/C13H19N3O4S/c17-16(18)13-5-3-12(4-6-13)11-21(19,20)14-7-10-15-8-1-2-9-15/h3-6,14H,1-2,7-11H2. The van der Waals surface area contributed by atoms with E-state index in [9.17, 15) is 18.5 Å². The fourth-order valence-electron chi connectivity index (χ4n) is 2.35. The molecule has 1 N–H and O–H groups in total. The fraction of sp³-hybridized carbons (Fsp3) is 0.538. The molecule has 0 spiro atoms. The van der Waals surface area contributed by atoms with E-state index in [0.29, 0.717) is 12.1 Å². The van der Waals surface area contributed by atoms with Gasteiger partial charge in [0.2, 0.25) is 10.0 Å². The van der Waals surface area contributed by atoms with Crippen LogP contribution in [0.2, 0.25) is 0 Å². The van der Waals surface area contributed by atoms with Crippen molar-refractivity contribution < 1.29 is 13.3 Å². The Hall–Kier alpha value is -1.51. The lowest BCUT2D eigenvalue weighted by Gasteiger charge is -2.14. The summed E-state index contributed by atoms with van der Waals surface area (Å²) in [5, 5.41) is 10.5. The van der Waals surface area contributed by atoms with Gasteiger partial charge in [-0.3, -0.25) is 10.1 Å². The number of hydrogen-bond donors (Lipinski definition) is 1. The number of non-ortho nitro benzene ring substituents is 1. The van der Waals surface area contributed by atoms with Gasteiger partial charge in [-0.05, 0) is 31.5 Å². The van der Waals surface area contributed by atoms with Gasteiger partial charge in [-0.1, -0.05) is 12.1 Å². The van der Waals surface area contributed by atoms with E-state index in [1.165, 1.54) is 37.1 Å². The summed E-state index contributed by atoms with van der Waals surface area (Å²) in [6, 6.07) is 5.57. The van der Waals surface area contributed by atoms with Gasteiger partial charge in [0.25, 0.3) is 5.69 Å². The molecule has 7 nitrogen and oxygen atoms in total. The van der Waals surface area contributed by atoms with Crippen molar-refractivity contribution >= 4 is 15.7 Å². The van der Waals surface area contributed by atoms with E-state index in [2.05, 4.69) is 9.62 Å². The molecular weight excluding hydrogens is 294 g/mol. The molecule has 0 saturated carbocycles. The number of nitro groups is 1. The van der Waals surface area contributed by atoms with Crippen LogP contribution in [0, 0.1) is 10.1 Å². The Bertz CT molecular complexity index is 580. The van der Waals surface area contributed by atoms with E-state index in [4.69, 9.17) is 0 Å². The second-order valence-electron chi connectivity index (χ2n) is 5.13. The highest BCUT2D eigenvalue weighted by atomic mass is 32.2. The zero-order valence-electron chi connectivity index (χ0n) is 11.7. The van der Waals surface area contributed by atoms with E-state index in [1.807, 2.05) is 0 Å². The van der Waals surface area contributed by atoms with E-state index < -0.39 is 14.9 Å². The normalized spacial score (nSPS) is 16.2. The Balaban J connectivity index is 1.83. The lowest BCUT2D eigenvalue weighted by molar-refractivity contribution is -0.384. The SMILES string of the molecule is O=[N+]([O-])c1ccc(CS(=O)(=O)NCCN2CCCC2)cc1. The van der Waals surface area contributed by atoms with Gasteiger partial charge in [0.05, 0.1) is 10.7 Å². The Morgan fingerprint density at radius 3 is 2.38 bits per heavy atom. The van der Waals surface area contributed by atoms with Gasteiger partial charge in [-0.2, -0.15) is 0 Å². The van der Waals surface area contributed by atoms with Crippen molar-refractivity contribution in [1.29, 1.82) is 0 Å². The second-order valence-corrected chi connectivity index (χ2v) is 6.93. The van der Waals surface area contributed by atoms with Crippen LogP contribution in [0.15, 0.2) is 24.3 Å². The molecule has 2 rings (SSSR count). The van der Waals surface area contributed by atoms with Crippen LogP contribution in [0.4, 0.5) is 5.69 Å². The van der Waals surface area contributed by atoms with Crippen LogP contribution in [0.5, 0.6) is 0 Å². The van der Waals surface area contributed by atoms with Crippen LogP contribution in [-0.2, 0) is 15.8 Å². The molecule has 0 aliphatic carbocycles. The first-order valence-electron chi connectivity index (χ1n) is 6.89. The fourth-order valence-corrected chi connectivity index (χ4v) is 3.49. The zero-order chi connectivity index (χ0) is 15.3. The molecule has 0 amide bonds. The first kappa shape index (κ1) is 15.9. The third-order valence-electron chi connectivity index (χ3n) is 3.45. The topological polar surface area (TPSA) is 92.5 Å². The molecule has 1 aliphatic rings. The number of nitrogens with one attached hydrogen (secondary N) is 1. The number of nitro benzene ring substituents is 1. The van der Waals surface area contributed by atoms with Crippen LogP contribution < -0.4 is 4.72 Å². The van der Waals surface area contributed by atoms with Crippen LogP contribution in [0.3, 0.4) is 0 Å². The maximum atomic E-state index is 11.9. The monoisotopic (exact) mass is 313 g/mol. The van der Waals surface area contributed by atoms with Gasteiger partial charge < -0.3 is 4.90 Å². The molecule has 1 aromatic carbocycles. The number of hydrogen-bond acceptors (Lipinski definition) is 5. The highest BCUT2D eigenvalue weighted by Crippen LogP contribution is 2.13. The highest BCUT2D eigenvalue weighted by molar-refractivity contribution is 7.88. The lowest BCUT2D eigenvalue weighted by atomic mass is 10.2. The summed E-state index contributed by atoms with van der Waals surface area (Å²) < 4.78 is 26.4. The van der Waals surface area contributed by atoms with Gasteiger partial charge in [0.1, 0.15) is 0 Å². The molecule has 0 unspecified atom stereocenters. The third kappa shape index (κ3) is 5.07. The Morgan fingerprint density at radius 2 is 1.81 bits per heavy atom. The lowest BCUT2D eigenvalue weighted by Crippen LogP contribution is -2.34. The molecule has 1 saturated heterocycles. The minimum atomic E-state index is -3.41. The van der Waals surface area contributed by atoms with E-state index in [1.54, 1.807) is 0 Å². The molecule has 0 radical (unpaired) electrons. The molecule has 0 bridgehead atoms. The van der Waals surface area contributed by atoms with Crippen molar-refractivity contribution in [2.45, 2.75) is 18.6 Å². The van der Waals surface area contributed by atoms with Crippen LogP contribution >= 0.6 is 0 Å². The summed E-state index contributed by atoms with van der Waals surface area (Å²) in [4.78, 5) is 12.3. The summed E-state index contributed by atoms with van der Waals surface area (Å²) in [6.07, 6.45) is 2.35. The largest absolute Gasteiger partial charge is 0.302 e. The molecule has 8 heteroatoms. The molecule has 1 fully saturated rings. The average Bonchev–Trinajstić information content (AvgIpc) is 2.91. The van der Waals surface area contributed by atoms with Crippen molar-refractivity contribution in [3.8, 4) is 0 Å². The van der Waals surface area contributed by atoms with Crippen LogP contribution in [0.25, 0.3) is 0 Å². The Morgan fingerprint density at radius 1 is 1.19 bits per heavy atom. The van der Waals surface area contributed by atoms with Crippen molar-refractivity contribution in [3.63, 3.8) is 0 Å². The van der Waals surface area contributed by atoms with Gasteiger partial charge >= 0.3 is 0 Å². The quantitative estimate of drug-likeness (QED) is 0.601. The van der Waals surface area contributed by atoms with Crippen molar-refractivity contribution in [2.24, 2.45) is 0 Å². The molecule has 1 aromatic rings. The second kappa shape index (κ2) is 6.97. The maximum Gasteiger partial charge on any atom is 0.269 e. The molecule has 1 heterocycles. The number of nitrogens with zero attached hydrogens (tertiary/aromatic N) is 2. The number of benzene rings is 1. The van der Waals surface area contributed by atoms with Gasteiger partial charge in [-0.15, -0.1) is 0 Å². The van der Waals surface area contributed by atoms with Crippen LogP contribution in [0.1, 0.15) is 18.4 Å². The van der Waals surface area contributed by atoms with Crippen molar-refractivity contribution in [3.05, 3.63) is 39.9 Å². The predicted octanol–water partition coefficient (Wildman–Crippen LogP) is 1.11. The van der Waals surface area contributed by atoms with Gasteiger partial charge in [0.15, 0.2) is 0 Å². The highest BCUT2D eigenvalue weighted by Gasteiger charge is 2.15. The average molecular weight is 313 g/mol. The molecular formula is C13H19N3O4S. The van der Waals surface area contributed by atoms with E-state index >= 15 is 0 Å². The summed E-state index contributed by atoms with van der Waals surface area (Å²) in [6.45, 7) is 3.18. The summed E-state index contributed by atoms with van der Waals surface area (Å²) in [5.41, 5.74) is 0.493. The third-order valence-corrected chi connectivity index (χ3v) is 4.81. The zero-order valence-corrected chi connectivity index (χ0v) is 12.5. The van der Waals surface area contributed by atoms with E-state index in [0.717, 1.165) is 19.6 Å². The minimum Gasteiger partial charge on any atom is -0.302 e. The molecule has 116 valence electrons. The first-order valence-corrected chi connectivity index (χ1v) is 8.54.